The maximum Gasteiger partial charge on any atom is 0.00264 e. The van der Waals surface area contributed by atoms with Crippen molar-refractivity contribution in [3.05, 3.63) is 35.8 Å². The fourth-order valence-corrected chi connectivity index (χ4v) is 0.895. The molecular formula is C12H24S. The van der Waals surface area contributed by atoms with Gasteiger partial charge < -0.3 is 0 Å². The summed E-state index contributed by atoms with van der Waals surface area (Å²) >= 11 is 1.74. The van der Waals surface area contributed by atoms with E-state index in [9.17, 15) is 0 Å². The van der Waals surface area contributed by atoms with Crippen LogP contribution in [0.1, 0.15) is 34.6 Å². The van der Waals surface area contributed by atoms with Crippen LogP contribution in [0.2, 0.25) is 0 Å². The van der Waals surface area contributed by atoms with E-state index < -0.39 is 0 Å². The minimum atomic E-state index is 1.27. The Labute approximate surface area is 88.8 Å². The normalized spacial score (nSPS) is 9.54. The summed E-state index contributed by atoms with van der Waals surface area (Å²) in [7, 11) is 0. The van der Waals surface area contributed by atoms with Crippen LogP contribution in [0.3, 0.4) is 0 Å². The quantitative estimate of drug-likeness (QED) is 0.575. The van der Waals surface area contributed by atoms with Crippen LogP contribution in [-0.4, -0.2) is 6.26 Å². The van der Waals surface area contributed by atoms with E-state index >= 15 is 0 Å². The van der Waals surface area contributed by atoms with Crippen LogP contribution >= 0.6 is 11.8 Å². The molecule has 1 heteroatoms. The molecule has 0 radical (unpaired) electrons. The van der Waals surface area contributed by atoms with Gasteiger partial charge >= 0.3 is 0 Å². The molecule has 0 saturated heterocycles. The van der Waals surface area contributed by atoms with E-state index in [1.807, 2.05) is 46.8 Å². The zero-order valence-corrected chi connectivity index (χ0v) is 10.7. The lowest BCUT2D eigenvalue weighted by Gasteiger charge is -1.90. The van der Waals surface area contributed by atoms with E-state index in [1.165, 1.54) is 4.91 Å². The molecule has 0 heterocycles. The van der Waals surface area contributed by atoms with E-state index in [1.54, 1.807) is 17.8 Å². The summed E-state index contributed by atoms with van der Waals surface area (Å²) in [5.74, 6) is 0. The van der Waals surface area contributed by atoms with Crippen molar-refractivity contribution < 1.29 is 0 Å². The topological polar surface area (TPSA) is 0 Å². The average Bonchev–Trinajstić information content (AvgIpc) is 2.25. The van der Waals surface area contributed by atoms with Crippen molar-refractivity contribution in [1.29, 1.82) is 0 Å². The predicted molar refractivity (Wildman–Crippen MR) is 69.3 cm³/mol. The molecule has 0 saturated carbocycles. The molecule has 0 aliphatic heterocycles. The van der Waals surface area contributed by atoms with Crippen LogP contribution in [0.4, 0.5) is 0 Å². The predicted octanol–water partition coefficient (Wildman–Crippen LogP) is 5.05. The Kier molecular flexibility index (Phi) is 31.9. The second-order valence-electron chi connectivity index (χ2n) is 1.49. The van der Waals surface area contributed by atoms with Crippen molar-refractivity contribution in [2.75, 3.05) is 6.26 Å². The first-order chi connectivity index (χ1) is 6.35. The number of allylic oxidation sites excluding steroid dienone is 4. The van der Waals surface area contributed by atoms with E-state index in [2.05, 4.69) is 18.9 Å². The van der Waals surface area contributed by atoms with Gasteiger partial charge in [-0.3, -0.25) is 0 Å². The molecule has 0 aliphatic carbocycles. The van der Waals surface area contributed by atoms with E-state index in [4.69, 9.17) is 0 Å². The van der Waals surface area contributed by atoms with Crippen molar-refractivity contribution in [3.8, 4) is 0 Å². The first-order valence-electron chi connectivity index (χ1n) is 4.84. The van der Waals surface area contributed by atoms with Gasteiger partial charge in [-0.05, 0) is 19.3 Å². The lowest BCUT2D eigenvalue weighted by molar-refractivity contribution is 1.50. The summed E-state index contributed by atoms with van der Waals surface area (Å²) < 4.78 is 0. The van der Waals surface area contributed by atoms with Crippen LogP contribution in [0.5, 0.6) is 0 Å². The molecule has 0 fully saturated rings. The second kappa shape index (κ2) is 22.6. The highest BCUT2D eigenvalue weighted by Gasteiger charge is 1.80. The van der Waals surface area contributed by atoms with E-state index in [-0.39, 0.29) is 0 Å². The van der Waals surface area contributed by atoms with Crippen LogP contribution in [-0.2, 0) is 0 Å². The monoisotopic (exact) mass is 200 g/mol. The molecule has 0 amide bonds. The van der Waals surface area contributed by atoms with Crippen molar-refractivity contribution >= 4 is 11.8 Å². The van der Waals surface area contributed by atoms with E-state index in [0.29, 0.717) is 0 Å². The Morgan fingerprint density at radius 3 is 1.85 bits per heavy atom. The number of hydrogen-bond acceptors (Lipinski definition) is 1. The van der Waals surface area contributed by atoms with Gasteiger partial charge in [-0.1, -0.05) is 52.5 Å². The second-order valence-corrected chi connectivity index (χ2v) is 2.37. The molecule has 0 spiro atoms. The van der Waals surface area contributed by atoms with Gasteiger partial charge in [0.1, 0.15) is 0 Å². The Bertz CT molecular complexity index is 132. The van der Waals surface area contributed by atoms with Gasteiger partial charge in [-0.2, -0.15) is 0 Å². The van der Waals surface area contributed by atoms with Crippen LogP contribution in [0, 0.1) is 0 Å². The summed E-state index contributed by atoms with van der Waals surface area (Å²) in [6.45, 7) is 13.6. The molecule has 0 aromatic carbocycles. The lowest BCUT2D eigenvalue weighted by Crippen LogP contribution is -1.63. The number of rotatable bonds is 3. The van der Waals surface area contributed by atoms with E-state index in [0.717, 1.165) is 0 Å². The molecule has 0 unspecified atom stereocenters. The summed E-state index contributed by atoms with van der Waals surface area (Å²) in [4.78, 5) is 1.27. The van der Waals surface area contributed by atoms with Gasteiger partial charge in [0.15, 0.2) is 0 Å². The first kappa shape index (κ1) is 18.4. The Morgan fingerprint density at radius 2 is 1.62 bits per heavy atom. The summed E-state index contributed by atoms with van der Waals surface area (Å²) in [5, 5.41) is 0. The molecule has 78 valence electrons. The van der Waals surface area contributed by atoms with Gasteiger partial charge in [0.25, 0.3) is 0 Å². The summed E-state index contributed by atoms with van der Waals surface area (Å²) in [6, 6.07) is 0. The molecule has 0 nitrogen and oxygen atoms in total. The van der Waals surface area contributed by atoms with Crippen LogP contribution in [0.15, 0.2) is 35.8 Å². The molecule has 0 atom stereocenters. The van der Waals surface area contributed by atoms with Crippen molar-refractivity contribution in [3.63, 3.8) is 0 Å². The fraction of sp³-hybridized carbons (Fsp3) is 0.500. The number of thioether (sulfide) groups is 1. The molecule has 0 bridgehead atoms. The Hall–Kier alpha value is -0.430. The SMILES string of the molecule is C=C/C=C\C(=C/C)SC.CC.CC. The smallest absolute Gasteiger partial charge is 0.00264 e. The third-order valence-electron chi connectivity index (χ3n) is 0.917. The average molecular weight is 200 g/mol. The van der Waals surface area contributed by atoms with Gasteiger partial charge in [-0.25, -0.2) is 0 Å². The molecule has 0 aliphatic rings. The highest BCUT2D eigenvalue weighted by atomic mass is 32.2. The third-order valence-corrected chi connectivity index (χ3v) is 1.76. The Morgan fingerprint density at radius 1 is 1.15 bits per heavy atom. The van der Waals surface area contributed by atoms with Gasteiger partial charge in [0, 0.05) is 4.91 Å². The van der Waals surface area contributed by atoms with Crippen LogP contribution < -0.4 is 0 Å². The molecule has 0 aromatic heterocycles. The largest absolute Gasteiger partial charge is 0.130 e. The zero-order valence-electron chi connectivity index (χ0n) is 9.92. The number of hydrogen-bond donors (Lipinski definition) is 0. The highest BCUT2D eigenvalue weighted by molar-refractivity contribution is 8.02. The van der Waals surface area contributed by atoms with Crippen LogP contribution in [0.25, 0.3) is 0 Å². The first-order valence-corrected chi connectivity index (χ1v) is 6.07. The maximum absolute atomic E-state index is 3.58. The molecule has 0 N–H and O–H groups in total. The third kappa shape index (κ3) is 18.5. The summed E-state index contributed by atoms with van der Waals surface area (Å²) in [6.07, 6.45) is 9.89. The van der Waals surface area contributed by atoms with Gasteiger partial charge in [0.2, 0.25) is 0 Å². The molecule has 0 rings (SSSR count). The maximum atomic E-state index is 3.58. The zero-order chi connectivity index (χ0) is 11.1. The van der Waals surface area contributed by atoms with Gasteiger partial charge in [0.05, 0.1) is 0 Å². The van der Waals surface area contributed by atoms with Gasteiger partial charge in [-0.15, -0.1) is 11.8 Å². The lowest BCUT2D eigenvalue weighted by atomic mass is 10.4. The molecule has 13 heavy (non-hydrogen) atoms. The van der Waals surface area contributed by atoms with Crippen molar-refractivity contribution in [2.45, 2.75) is 34.6 Å². The molecular weight excluding hydrogens is 176 g/mol. The standard InChI is InChI=1S/C8H12S.2C2H6/c1-4-6-7-8(5-2)9-3;2*1-2/h4-7H,1H2,2-3H3;2*1-2H3/b7-6-,8-5+;;. The Balaban J connectivity index is -0.000000218. The fourth-order valence-electron chi connectivity index (χ4n) is 0.445. The molecule has 0 aromatic rings. The highest BCUT2D eigenvalue weighted by Crippen LogP contribution is 2.11. The minimum Gasteiger partial charge on any atom is -0.130 e. The minimum absolute atomic E-state index is 1.27. The van der Waals surface area contributed by atoms with Crippen molar-refractivity contribution in [2.24, 2.45) is 0 Å². The summed E-state index contributed by atoms with van der Waals surface area (Å²) in [5.41, 5.74) is 0. The van der Waals surface area contributed by atoms with Crippen molar-refractivity contribution in [1.82, 2.24) is 0 Å².